The van der Waals surface area contributed by atoms with Crippen LogP contribution >= 0.6 is 11.5 Å². The van der Waals surface area contributed by atoms with Crippen molar-refractivity contribution in [1.29, 1.82) is 0 Å². The van der Waals surface area contributed by atoms with Crippen molar-refractivity contribution in [3.63, 3.8) is 0 Å². The molecule has 0 saturated carbocycles. The second kappa shape index (κ2) is 9.46. The van der Waals surface area contributed by atoms with Crippen LogP contribution in [0, 0.1) is 5.82 Å². The predicted molar refractivity (Wildman–Crippen MR) is 138 cm³/mol. The van der Waals surface area contributed by atoms with Crippen LogP contribution in [0.3, 0.4) is 0 Å². The van der Waals surface area contributed by atoms with Gasteiger partial charge in [-0.2, -0.15) is 9.36 Å². The highest BCUT2D eigenvalue weighted by Gasteiger charge is 2.26. The molecule has 4 aromatic rings. The Kier molecular flexibility index (Phi) is 6.21. The fourth-order valence-electron chi connectivity index (χ4n) is 4.16. The molecule has 0 bridgehead atoms. The van der Waals surface area contributed by atoms with Crippen LogP contribution in [0.1, 0.15) is 25.3 Å². The third-order valence-electron chi connectivity index (χ3n) is 6.15. The number of fused-ring (bicyclic) bond motifs is 1. The van der Waals surface area contributed by atoms with Crippen molar-refractivity contribution in [3.05, 3.63) is 59.9 Å². The minimum absolute atomic E-state index is 0.126. The summed E-state index contributed by atoms with van der Waals surface area (Å²) < 4.78 is 18.0. The number of halogens is 1. The molecule has 0 atom stereocenters. The average Bonchev–Trinajstić information content (AvgIpc) is 3.28. The number of aromatic nitrogens is 3. The maximum atomic E-state index is 13.4. The molecule has 8 nitrogen and oxygen atoms in total. The number of hydrogen-bond donors (Lipinski definition) is 2. The number of hydrogen-bond acceptors (Lipinski definition) is 7. The molecule has 0 unspecified atom stereocenters. The lowest BCUT2D eigenvalue weighted by Gasteiger charge is -2.35. The minimum Gasteiger partial charge on any atom is -0.368 e. The van der Waals surface area contributed by atoms with E-state index in [1.165, 1.54) is 29.2 Å². The van der Waals surface area contributed by atoms with Crippen LogP contribution < -0.4 is 16.0 Å². The number of rotatable bonds is 4. The summed E-state index contributed by atoms with van der Waals surface area (Å²) in [4.78, 5) is 26.3. The Morgan fingerprint density at radius 3 is 2.37 bits per heavy atom. The number of nitrogen functional groups attached to an aromatic ring is 1. The molecule has 3 heterocycles. The number of anilines is 3. The van der Waals surface area contributed by atoms with Gasteiger partial charge in [0.05, 0.1) is 11.1 Å². The molecule has 0 aliphatic carbocycles. The molecule has 1 aliphatic heterocycles. The third-order valence-corrected chi connectivity index (χ3v) is 6.89. The zero-order valence-electron chi connectivity index (χ0n) is 19.5. The number of piperazine rings is 1. The second-order valence-corrected chi connectivity index (χ2v) is 9.56. The van der Waals surface area contributed by atoms with Gasteiger partial charge in [0.25, 0.3) is 0 Å². The molecule has 180 valence electrons. The van der Waals surface area contributed by atoms with Gasteiger partial charge in [-0.1, -0.05) is 26.0 Å². The lowest BCUT2D eigenvalue weighted by atomic mass is 10.0. The lowest BCUT2D eigenvalue weighted by Crippen LogP contribution is -2.50. The zero-order valence-corrected chi connectivity index (χ0v) is 20.3. The van der Waals surface area contributed by atoms with Gasteiger partial charge in [-0.05, 0) is 59.4 Å². The van der Waals surface area contributed by atoms with Crippen LogP contribution in [0.2, 0.25) is 0 Å². The largest absolute Gasteiger partial charge is 0.368 e. The molecule has 0 spiro atoms. The smallest absolute Gasteiger partial charge is 0.321 e. The van der Waals surface area contributed by atoms with Gasteiger partial charge in [0.2, 0.25) is 5.95 Å². The first-order valence-corrected chi connectivity index (χ1v) is 12.3. The Morgan fingerprint density at radius 2 is 1.71 bits per heavy atom. The van der Waals surface area contributed by atoms with Crippen molar-refractivity contribution < 1.29 is 9.18 Å². The van der Waals surface area contributed by atoms with Crippen molar-refractivity contribution in [2.24, 2.45) is 0 Å². The van der Waals surface area contributed by atoms with Crippen LogP contribution in [0.25, 0.3) is 21.5 Å². The van der Waals surface area contributed by atoms with Crippen LogP contribution in [0.4, 0.5) is 26.6 Å². The Bertz CT molecular complexity index is 1350. The summed E-state index contributed by atoms with van der Waals surface area (Å²) >= 11 is 1.24. The SMILES string of the molecule is CC(C)c1ccc(NC(=O)N2CCN(c3nc(N)nc4snc(-c5ccc(F)cc5)c34)CC2)cc1. The van der Waals surface area contributed by atoms with Crippen LogP contribution in [0.15, 0.2) is 48.5 Å². The van der Waals surface area contributed by atoms with Crippen molar-refractivity contribution in [2.45, 2.75) is 19.8 Å². The van der Waals surface area contributed by atoms with E-state index < -0.39 is 0 Å². The average molecular weight is 492 g/mol. The van der Waals surface area contributed by atoms with Crippen molar-refractivity contribution in [1.82, 2.24) is 19.2 Å². The monoisotopic (exact) mass is 491 g/mol. The summed E-state index contributed by atoms with van der Waals surface area (Å²) in [6.45, 7) is 6.52. The minimum atomic E-state index is -0.306. The number of carbonyl (C=O) groups excluding carboxylic acids is 1. The van der Waals surface area contributed by atoms with E-state index in [4.69, 9.17) is 5.73 Å². The number of nitrogens with zero attached hydrogens (tertiary/aromatic N) is 5. The van der Waals surface area contributed by atoms with E-state index in [0.717, 1.165) is 16.6 Å². The fourth-order valence-corrected chi connectivity index (χ4v) is 4.95. The van der Waals surface area contributed by atoms with Gasteiger partial charge in [0.1, 0.15) is 11.6 Å². The lowest BCUT2D eigenvalue weighted by molar-refractivity contribution is 0.208. The molecule has 5 rings (SSSR count). The summed E-state index contributed by atoms with van der Waals surface area (Å²) in [6.07, 6.45) is 0. The highest BCUT2D eigenvalue weighted by Crippen LogP contribution is 2.36. The summed E-state index contributed by atoms with van der Waals surface area (Å²) in [6, 6.07) is 14.0. The molecule has 1 saturated heterocycles. The summed E-state index contributed by atoms with van der Waals surface area (Å²) in [5.74, 6) is 0.994. The standard InChI is InChI=1S/C25H26FN7OS/c1-15(2)16-5-9-19(10-6-16)28-25(34)33-13-11-32(12-14-33)22-20-21(17-3-7-18(26)8-4-17)31-35-23(20)30-24(27)29-22/h3-10,15H,11-14H2,1-2H3,(H,28,34)(H2,27,29,30). The maximum Gasteiger partial charge on any atom is 0.321 e. The first kappa shape index (κ1) is 23.0. The van der Waals surface area contributed by atoms with Crippen molar-refractivity contribution in [2.75, 3.05) is 42.1 Å². The number of amides is 2. The number of urea groups is 1. The highest BCUT2D eigenvalue weighted by molar-refractivity contribution is 7.13. The molecule has 1 fully saturated rings. The van der Waals surface area contributed by atoms with Gasteiger partial charge in [0.15, 0.2) is 4.83 Å². The van der Waals surface area contributed by atoms with E-state index >= 15 is 0 Å². The molecule has 2 aromatic carbocycles. The van der Waals surface area contributed by atoms with Crippen LogP contribution in [-0.2, 0) is 0 Å². The van der Waals surface area contributed by atoms with Crippen molar-refractivity contribution in [3.8, 4) is 11.3 Å². The molecular formula is C25H26FN7OS. The summed E-state index contributed by atoms with van der Waals surface area (Å²) in [5, 5.41) is 3.78. The first-order chi connectivity index (χ1) is 16.9. The van der Waals surface area contributed by atoms with E-state index in [1.807, 2.05) is 24.3 Å². The number of nitrogens with two attached hydrogens (primary N) is 1. The fraction of sp³-hybridized carbons (Fsp3) is 0.280. The Morgan fingerprint density at radius 1 is 1.03 bits per heavy atom. The molecule has 1 aliphatic rings. The van der Waals surface area contributed by atoms with Gasteiger partial charge >= 0.3 is 6.03 Å². The molecule has 2 aromatic heterocycles. The van der Waals surface area contributed by atoms with E-state index in [-0.39, 0.29) is 17.8 Å². The Hall–Kier alpha value is -3.79. The highest BCUT2D eigenvalue weighted by atomic mass is 32.1. The normalized spacial score (nSPS) is 14.1. The van der Waals surface area contributed by atoms with E-state index in [1.54, 1.807) is 17.0 Å². The maximum absolute atomic E-state index is 13.4. The number of benzene rings is 2. The molecule has 10 heteroatoms. The number of carbonyl (C=O) groups is 1. The third kappa shape index (κ3) is 4.74. The molecule has 2 amide bonds. The predicted octanol–water partition coefficient (Wildman–Crippen LogP) is 4.95. The van der Waals surface area contributed by atoms with Gasteiger partial charge < -0.3 is 20.9 Å². The topological polar surface area (TPSA) is 100 Å². The molecule has 35 heavy (non-hydrogen) atoms. The Labute approximate surface area is 206 Å². The molecular weight excluding hydrogens is 465 g/mol. The van der Waals surface area contributed by atoms with E-state index in [9.17, 15) is 9.18 Å². The van der Waals surface area contributed by atoms with Gasteiger partial charge in [-0.3, -0.25) is 0 Å². The summed E-state index contributed by atoms with van der Waals surface area (Å²) in [7, 11) is 0. The van der Waals surface area contributed by atoms with Gasteiger partial charge in [-0.15, -0.1) is 0 Å². The second-order valence-electron chi connectivity index (χ2n) is 8.80. The van der Waals surface area contributed by atoms with Crippen molar-refractivity contribution >= 4 is 45.2 Å². The molecule has 3 N–H and O–H groups in total. The summed E-state index contributed by atoms with van der Waals surface area (Å²) in [5.41, 5.74) is 9.49. The van der Waals surface area contributed by atoms with Crippen LogP contribution in [0.5, 0.6) is 0 Å². The zero-order chi connectivity index (χ0) is 24.5. The van der Waals surface area contributed by atoms with Gasteiger partial charge in [-0.25, -0.2) is 14.2 Å². The van der Waals surface area contributed by atoms with Gasteiger partial charge in [0, 0.05) is 37.4 Å². The van der Waals surface area contributed by atoms with E-state index in [2.05, 4.69) is 38.4 Å². The first-order valence-electron chi connectivity index (χ1n) is 11.5. The number of nitrogens with one attached hydrogen (secondary N) is 1. The van der Waals surface area contributed by atoms with E-state index in [0.29, 0.717) is 48.4 Å². The molecule has 0 radical (unpaired) electrons. The van der Waals surface area contributed by atoms with Crippen LogP contribution in [-0.4, -0.2) is 51.5 Å². The quantitative estimate of drug-likeness (QED) is 0.419. The Balaban J connectivity index is 1.33.